The SMILES string of the molecule is CC(C)(C)C(=O)Nc1ccncc1C(=O)c1cccs1. The summed E-state index contributed by atoms with van der Waals surface area (Å²) in [6, 6.07) is 5.22. The highest BCUT2D eigenvalue weighted by Gasteiger charge is 2.23. The number of carbonyl (C=O) groups excluding carboxylic acids is 2. The smallest absolute Gasteiger partial charge is 0.229 e. The van der Waals surface area contributed by atoms with E-state index in [9.17, 15) is 9.59 Å². The van der Waals surface area contributed by atoms with Crippen molar-refractivity contribution in [3.8, 4) is 0 Å². The molecule has 0 atom stereocenters. The molecule has 0 aliphatic heterocycles. The molecule has 2 aromatic rings. The number of ketones is 1. The van der Waals surface area contributed by atoms with Crippen molar-refractivity contribution in [2.45, 2.75) is 20.8 Å². The average molecular weight is 288 g/mol. The topological polar surface area (TPSA) is 59.1 Å². The van der Waals surface area contributed by atoms with Crippen molar-refractivity contribution < 1.29 is 9.59 Å². The molecule has 0 saturated heterocycles. The number of nitrogens with one attached hydrogen (secondary N) is 1. The summed E-state index contributed by atoms with van der Waals surface area (Å²) in [6.45, 7) is 5.47. The molecule has 20 heavy (non-hydrogen) atoms. The maximum Gasteiger partial charge on any atom is 0.229 e. The van der Waals surface area contributed by atoms with Crippen molar-refractivity contribution in [3.05, 3.63) is 46.4 Å². The van der Waals surface area contributed by atoms with Crippen LogP contribution in [0.25, 0.3) is 0 Å². The molecule has 0 radical (unpaired) electrons. The van der Waals surface area contributed by atoms with Gasteiger partial charge < -0.3 is 5.32 Å². The van der Waals surface area contributed by atoms with Crippen LogP contribution >= 0.6 is 11.3 Å². The van der Waals surface area contributed by atoms with E-state index in [4.69, 9.17) is 0 Å². The van der Waals surface area contributed by atoms with E-state index in [2.05, 4.69) is 10.3 Å². The van der Waals surface area contributed by atoms with Crippen molar-refractivity contribution in [2.75, 3.05) is 5.32 Å². The van der Waals surface area contributed by atoms with Gasteiger partial charge in [0.05, 0.1) is 16.1 Å². The number of hydrogen-bond donors (Lipinski definition) is 1. The second-order valence-electron chi connectivity index (χ2n) is 5.43. The number of hydrogen-bond acceptors (Lipinski definition) is 4. The van der Waals surface area contributed by atoms with Crippen LogP contribution in [-0.2, 0) is 4.79 Å². The lowest BCUT2D eigenvalue weighted by Gasteiger charge is -2.18. The molecule has 5 heteroatoms. The zero-order chi connectivity index (χ0) is 14.8. The highest BCUT2D eigenvalue weighted by atomic mass is 32.1. The van der Waals surface area contributed by atoms with Gasteiger partial charge in [-0.15, -0.1) is 11.3 Å². The van der Waals surface area contributed by atoms with Crippen LogP contribution in [0.15, 0.2) is 36.0 Å². The monoisotopic (exact) mass is 288 g/mol. The van der Waals surface area contributed by atoms with Gasteiger partial charge in [0.25, 0.3) is 0 Å². The predicted octanol–water partition coefficient (Wildman–Crippen LogP) is 3.36. The first-order valence-electron chi connectivity index (χ1n) is 6.23. The standard InChI is InChI=1S/C15H16N2O2S/c1-15(2,3)14(19)17-11-6-7-16-9-10(11)13(18)12-5-4-8-20-12/h4-9H,1-3H3,(H,16,17,19). The Bertz CT molecular complexity index is 628. The first-order valence-corrected chi connectivity index (χ1v) is 7.11. The molecule has 2 heterocycles. The van der Waals surface area contributed by atoms with E-state index in [0.29, 0.717) is 16.1 Å². The highest BCUT2D eigenvalue weighted by molar-refractivity contribution is 7.12. The first-order chi connectivity index (χ1) is 9.39. The van der Waals surface area contributed by atoms with Crippen molar-refractivity contribution in [1.82, 2.24) is 4.98 Å². The summed E-state index contributed by atoms with van der Waals surface area (Å²) in [4.78, 5) is 29.0. The lowest BCUT2D eigenvalue weighted by Crippen LogP contribution is -2.28. The molecule has 1 N–H and O–H groups in total. The Kier molecular flexibility index (Phi) is 3.99. The fourth-order valence-corrected chi connectivity index (χ4v) is 2.21. The summed E-state index contributed by atoms with van der Waals surface area (Å²) < 4.78 is 0. The van der Waals surface area contributed by atoms with E-state index in [1.807, 2.05) is 32.2 Å². The minimum atomic E-state index is -0.521. The van der Waals surface area contributed by atoms with Gasteiger partial charge in [-0.05, 0) is 17.5 Å². The molecule has 0 aromatic carbocycles. The van der Waals surface area contributed by atoms with Crippen molar-refractivity contribution in [3.63, 3.8) is 0 Å². The number of anilines is 1. The van der Waals surface area contributed by atoms with Crippen LogP contribution in [0.4, 0.5) is 5.69 Å². The lowest BCUT2D eigenvalue weighted by molar-refractivity contribution is -0.123. The normalized spacial score (nSPS) is 11.2. The van der Waals surface area contributed by atoms with Crippen LogP contribution < -0.4 is 5.32 Å². The Hall–Kier alpha value is -2.01. The van der Waals surface area contributed by atoms with Gasteiger partial charge in [-0.2, -0.15) is 0 Å². The number of pyridine rings is 1. The van der Waals surface area contributed by atoms with Crippen LogP contribution in [-0.4, -0.2) is 16.7 Å². The maximum absolute atomic E-state index is 12.4. The van der Waals surface area contributed by atoms with Gasteiger partial charge in [-0.1, -0.05) is 26.8 Å². The molecule has 0 saturated carbocycles. The summed E-state index contributed by atoms with van der Waals surface area (Å²) in [5, 5.41) is 4.64. The third-order valence-electron chi connectivity index (χ3n) is 2.74. The van der Waals surface area contributed by atoms with E-state index in [1.54, 1.807) is 18.3 Å². The lowest BCUT2D eigenvalue weighted by atomic mass is 9.95. The third kappa shape index (κ3) is 3.11. The summed E-state index contributed by atoms with van der Waals surface area (Å²) in [7, 11) is 0. The molecule has 1 amide bonds. The number of nitrogens with zero attached hydrogens (tertiary/aromatic N) is 1. The van der Waals surface area contributed by atoms with E-state index in [-0.39, 0.29) is 11.7 Å². The van der Waals surface area contributed by atoms with Crippen LogP contribution in [0, 0.1) is 5.41 Å². The first kappa shape index (κ1) is 14.4. The number of carbonyl (C=O) groups is 2. The zero-order valence-corrected chi connectivity index (χ0v) is 12.5. The van der Waals surface area contributed by atoms with Crippen LogP contribution in [0.3, 0.4) is 0 Å². The van der Waals surface area contributed by atoms with Crippen LogP contribution in [0.1, 0.15) is 36.0 Å². The molecule has 4 nitrogen and oxygen atoms in total. The summed E-state index contributed by atoms with van der Waals surface area (Å²) in [5.41, 5.74) is 0.387. The minimum Gasteiger partial charge on any atom is -0.325 e. The fraction of sp³-hybridized carbons (Fsp3) is 0.267. The van der Waals surface area contributed by atoms with E-state index < -0.39 is 5.41 Å². The number of amides is 1. The Balaban J connectivity index is 2.32. The average Bonchev–Trinajstić information content (AvgIpc) is 2.91. The maximum atomic E-state index is 12.4. The quantitative estimate of drug-likeness (QED) is 0.881. The summed E-state index contributed by atoms with van der Waals surface area (Å²) in [5.74, 6) is -0.263. The third-order valence-corrected chi connectivity index (χ3v) is 3.61. The van der Waals surface area contributed by atoms with Crippen molar-refractivity contribution in [2.24, 2.45) is 5.41 Å². The molecule has 2 aromatic heterocycles. The van der Waals surface area contributed by atoms with Crippen LogP contribution in [0.2, 0.25) is 0 Å². The van der Waals surface area contributed by atoms with E-state index in [0.717, 1.165) is 0 Å². The molecular formula is C15H16N2O2S. The molecule has 0 fully saturated rings. The van der Waals surface area contributed by atoms with Gasteiger partial charge in [0, 0.05) is 17.8 Å². The van der Waals surface area contributed by atoms with Gasteiger partial charge in [0.2, 0.25) is 11.7 Å². The number of aromatic nitrogens is 1. The molecule has 104 valence electrons. The summed E-state index contributed by atoms with van der Waals surface area (Å²) >= 11 is 1.37. The highest BCUT2D eigenvalue weighted by Crippen LogP contribution is 2.23. The molecule has 2 rings (SSSR count). The molecule has 0 aliphatic carbocycles. The van der Waals surface area contributed by atoms with Crippen molar-refractivity contribution in [1.29, 1.82) is 0 Å². The largest absolute Gasteiger partial charge is 0.325 e. The van der Waals surface area contributed by atoms with Gasteiger partial charge in [0.15, 0.2) is 0 Å². The molecular weight excluding hydrogens is 272 g/mol. The molecule has 0 bridgehead atoms. The second-order valence-corrected chi connectivity index (χ2v) is 6.38. The Morgan fingerprint density at radius 1 is 1.25 bits per heavy atom. The fourth-order valence-electron chi connectivity index (χ4n) is 1.53. The van der Waals surface area contributed by atoms with E-state index >= 15 is 0 Å². The van der Waals surface area contributed by atoms with Crippen molar-refractivity contribution >= 4 is 28.7 Å². The van der Waals surface area contributed by atoms with Gasteiger partial charge in [-0.25, -0.2) is 0 Å². The predicted molar refractivity (Wildman–Crippen MR) is 80.1 cm³/mol. The van der Waals surface area contributed by atoms with E-state index in [1.165, 1.54) is 17.5 Å². The number of rotatable bonds is 3. The van der Waals surface area contributed by atoms with Gasteiger partial charge in [-0.3, -0.25) is 14.6 Å². The Morgan fingerprint density at radius 3 is 2.60 bits per heavy atom. The molecule has 0 aliphatic rings. The Morgan fingerprint density at radius 2 is 2.00 bits per heavy atom. The molecule has 0 spiro atoms. The summed E-state index contributed by atoms with van der Waals surface area (Å²) in [6.07, 6.45) is 3.05. The number of thiophene rings is 1. The zero-order valence-electron chi connectivity index (χ0n) is 11.6. The van der Waals surface area contributed by atoms with Gasteiger partial charge >= 0.3 is 0 Å². The van der Waals surface area contributed by atoms with Crippen LogP contribution in [0.5, 0.6) is 0 Å². The minimum absolute atomic E-state index is 0.127. The second kappa shape index (κ2) is 5.54. The Labute approximate surface area is 121 Å². The van der Waals surface area contributed by atoms with Gasteiger partial charge in [0.1, 0.15) is 0 Å². The molecule has 0 unspecified atom stereocenters.